The molecule has 25 heavy (non-hydrogen) atoms. The van der Waals surface area contributed by atoms with Gasteiger partial charge in [0, 0.05) is 17.3 Å². The van der Waals surface area contributed by atoms with Gasteiger partial charge in [0.1, 0.15) is 11.6 Å². The molecule has 1 heterocycles. The molecule has 0 aliphatic rings. The highest BCUT2D eigenvalue weighted by atomic mass is 16.3. The maximum absolute atomic E-state index is 9.53. The zero-order chi connectivity index (χ0) is 17.8. The van der Waals surface area contributed by atoms with Crippen LogP contribution in [0.15, 0.2) is 54.7 Å². The number of rotatable bonds is 4. The smallest absolute Gasteiger partial charge is 0.131 e. The lowest BCUT2D eigenvalue weighted by molar-refractivity contribution is 0.475. The monoisotopic (exact) mass is 329 g/mol. The number of pyridine rings is 1. The fraction of sp³-hybridized carbons (Fsp3) is 0.143. The van der Waals surface area contributed by atoms with Gasteiger partial charge in [-0.05, 0) is 46.9 Å². The molecule has 0 radical (unpaired) electrons. The van der Waals surface area contributed by atoms with E-state index in [1.807, 2.05) is 36.4 Å². The van der Waals surface area contributed by atoms with E-state index in [1.165, 1.54) is 0 Å². The lowest BCUT2D eigenvalue weighted by atomic mass is 9.91. The largest absolute Gasteiger partial charge is 0.508 e. The molecular formula is C21H19N3O. The maximum atomic E-state index is 9.53. The van der Waals surface area contributed by atoms with Crippen LogP contribution in [0.2, 0.25) is 0 Å². The maximum Gasteiger partial charge on any atom is 0.131 e. The summed E-state index contributed by atoms with van der Waals surface area (Å²) in [5, 5.41) is 18.5. The Hall–Kier alpha value is -3.32. The van der Waals surface area contributed by atoms with Crippen LogP contribution in [0, 0.1) is 11.3 Å². The predicted octanol–water partition coefficient (Wildman–Crippen LogP) is 4.33. The van der Waals surface area contributed by atoms with Gasteiger partial charge in [0.25, 0.3) is 0 Å². The molecule has 2 aromatic carbocycles. The average molecular weight is 329 g/mol. The molecule has 0 fully saturated rings. The minimum Gasteiger partial charge on any atom is -0.508 e. The second kappa shape index (κ2) is 7.06. The predicted molar refractivity (Wildman–Crippen MR) is 99.9 cm³/mol. The summed E-state index contributed by atoms with van der Waals surface area (Å²) in [5.74, 6) is 0.711. The number of hydrogen-bond acceptors (Lipinski definition) is 4. The Labute approximate surface area is 147 Å². The van der Waals surface area contributed by atoms with Crippen LogP contribution in [0.3, 0.4) is 0 Å². The van der Waals surface area contributed by atoms with E-state index in [-0.39, 0.29) is 5.75 Å². The van der Waals surface area contributed by atoms with E-state index >= 15 is 0 Å². The van der Waals surface area contributed by atoms with Crippen LogP contribution in [0.5, 0.6) is 5.75 Å². The standard InChI is InChI=1S/C21H19N3O/c1-2-18-19(15-6-8-17(25)9-7-15)13-24-21(23)20(18)16-5-3-4-14(12-16)10-11-22/h3-9,12-13,25H,2,10H2,1H3,(H2,23,24). The summed E-state index contributed by atoms with van der Waals surface area (Å²) in [6.07, 6.45) is 2.93. The molecule has 3 rings (SSSR count). The quantitative estimate of drug-likeness (QED) is 0.746. The number of phenols is 1. The van der Waals surface area contributed by atoms with E-state index in [9.17, 15) is 5.11 Å². The number of phenolic OH excluding ortho intramolecular Hbond substituents is 1. The van der Waals surface area contributed by atoms with Crippen LogP contribution < -0.4 is 5.73 Å². The number of hydrogen-bond donors (Lipinski definition) is 2. The molecule has 0 saturated carbocycles. The molecule has 0 saturated heterocycles. The Bertz CT molecular complexity index is 940. The first-order chi connectivity index (χ1) is 12.1. The van der Waals surface area contributed by atoms with Gasteiger partial charge in [0.05, 0.1) is 12.5 Å². The van der Waals surface area contributed by atoms with Gasteiger partial charge in [-0.15, -0.1) is 0 Å². The van der Waals surface area contributed by atoms with E-state index in [1.54, 1.807) is 18.3 Å². The molecule has 0 aliphatic carbocycles. The zero-order valence-corrected chi connectivity index (χ0v) is 14.0. The summed E-state index contributed by atoms with van der Waals surface area (Å²) in [4.78, 5) is 4.39. The molecule has 0 bridgehead atoms. The Morgan fingerprint density at radius 2 is 1.88 bits per heavy atom. The molecule has 0 amide bonds. The highest BCUT2D eigenvalue weighted by Crippen LogP contribution is 2.36. The molecule has 3 N–H and O–H groups in total. The Morgan fingerprint density at radius 3 is 2.56 bits per heavy atom. The van der Waals surface area contributed by atoms with Gasteiger partial charge in [0.15, 0.2) is 0 Å². The Morgan fingerprint density at radius 1 is 1.12 bits per heavy atom. The molecule has 0 unspecified atom stereocenters. The van der Waals surface area contributed by atoms with E-state index < -0.39 is 0 Å². The number of nitrogen functional groups attached to an aromatic ring is 1. The van der Waals surface area contributed by atoms with Crippen molar-refractivity contribution in [2.75, 3.05) is 5.73 Å². The number of nitrogens with two attached hydrogens (primary N) is 1. The van der Waals surface area contributed by atoms with Crippen molar-refractivity contribution >= 4 is 5.82 Å². The number of benzene rings is 2. The minimum atomic E-state index is 0.231. The average Bonchev–Trinajstić information content (AvgIpc) is 2.62. The van der Waals surface area contributed by atoms with Gasteiger partial charge >= 0.3 is 0 Å². The third-order valence-corrected chi connectivity index (χ3v) is 4.25. The molecule has 1 aromatic heterocycles. The van der Waals surface area contributed by atoms with E-state index in [2.05, 4.69) is 18.0 Å². The van der Waals surface area contributed by atoms with Crippen molar-refractivity contribution in [2.45, 2.75) is 19.8 Å². The lowest BCUT2D eigenvalue weighted by Crippen LogP contribution is -2.01. The molecule has 3 aromatic rings. The van der Waals surface area contributed by atoms with Crippen molar-refractivity contribution < 1.29 is 5.11 Å². The first-order valence-corrected chi connectivity index (χ1v) is 8.17. The molecule has 0 spiro atoms. The number of nitrogens with zero attached hydrogens (tertiary/aromatic N) is 2. The van der Waals surface area contributed by atoms with Crippen LogP contribution in [-0.4, -0.2) is 10.1 Å². The highest BCUT2D eigenvalue weighted by Gasteiger charge is 2.15. The fourth-order valence-corrected chi connectivity index (χ4v) is 3.07. The summed E-state index contributed by atoms with van der Waals surface area (Å²) in [7, 11) is 0. The summed E-state index contributed by atoms with van der Waals surface area (Å²) < 4.78 is 0. The molecule has 0 atom stereocenters. The normalized spacial score (nSPS) is 10.4. The van der Waals surface area contributed by atoms with Gasteiger partial charge in [-0.3, -0.25) is 0 Å². The lowest BCUT2D eigenvalue weighted by Gasteiger charge is -2.16. The van der Waals surface area contributed by atoms with E-state index in [0.717, 1.165) is 39.8 Å². The fourth-order valence-electron chi connectivity index (χ4n) is 3.07. The second-order valence-electron chi connectivity index (χ2n) is 5.85. The summed E-state index contributed by atoms with van der Waals surface area (Å²) in [5.41, 5.74) is 12.1. The van der Waals surface area contributed by atoms with Gasteiger partial charge in [-0.25, -0.2) is 4.98 Å². The van der Waals surface area contributed by atoms with Gasteiger partial charge in [0.2, 0.25) is 0 Å². The van der Waals surface area contributed by atoms with Crippen LogP contribution in [0.1, 0.15) is 18.1 Å². The highest BCUT2D eigenvalue weighted by molar-refractivity contribution is 5.84. The second-order valence-corrected chi connectivity index (χ2v) is 5.85. The van der Waals surface area contributed by atoms with Gasteiger partial charge in [-0.2, -0.15) is 5.26 Å². The molecule has 124 valence electrons. The van der Waals surface area contributed by atoms with E-state index in [4.69, 9.17) is 11.0 Å². The molecule has 4 nitrogen and oxygen atoms in total. The minimum absolute atomic E-state index is 0.231. The molecule has 0 aliphatic heterocycles. The number of aromatic nitrogens is 1. The van der Waals surface area contributed by atoms with Crippen molar-refractivity contribution in [3.8, 4) is 34.1 Å². The van der Waals surface area contributed by atoms with E-state index in [0.29, 0.717) is 12.2 Å². The van der Waals surface area contributed by atoms with Gasteiger partial charge < -0.3 is 10.8 Å². The summed E-state index contributed by atoms with van der Waals surface area (Å²) >= 11 is 0. The topological polar surface area (TPSA) is 82.9 Å². The molecular weight excluding hydrogens is 310 g/mol. The Balaban J connectivity index is 2.20. The number of aromatic hydroxyl groups is 1. The summed E-state index contributed by atoms with van der Waals surface area (Å²) in [6, 6.07) is 17.1. The van der Waals surface area contributed by atoms with Crippen LogP contribution in [0.4, 0.5) is 5.82 Å². The van der Waals surface area contributed by atoms with Gasteiger partial charge in [-0.1, -0.05) is 37.3 Å². The Kier molecular flexibility index (Phi) is 4.67. The van der Waals surface area contributed by atoms with Crippen molar-refractivity contribution in [2.24, 2.45) is 0 Å². The van der Waals surface area contributed by atoms with Crippen molar-refractivity contribution in [1.29, 1.82) is 5.26 Å². The third-order valence-electron chi connectivity index (χ3n) is 4.25. The van der Waals surface area contributed by atoms with Crippen LogP contribution in [-0.2, 0) is 12.8 Å². The SMILES string of the molecule is CCc1c(-c2ccc(O)cc2)cnc(N)c1-c1cccc(CC#N)c1. The first kappa shape index (κ1) is 16.5. The van der Waals surface area contributed by atoms with Crippen LogP contribution in [0.25, 0.3) is 22.3 Å². The first-order valence-electron chi connectivity index (χ1n) is 8.17. The number of anilines is 1. The van der Waals surface area contributed by atoms with Crippen molar-refractivity contribution in [3.05, 3.63) is 65.9 Å². The number of nitriles is 1. The van der Waals surface area contributed by atoms with Crippen molar-refractivity contribution in [1.82, 2.24) is 4.98 Å². The summed E-state index contributed by atoms with van der Waals surface area (Å²) in [6.45, 7) is 2.08. The zero-order valence-electron chi connectivity index (χ0n) is 14.0. The van der Waals surface area contributed by atoms with Crippen LogP contribution >= 0.6 is 0 Å². The molecule has 4 heteroatoms. The van der Waals surface area contributed by atoms with Crippen molar-refractivity contribution in [3.63, 3.8) is 0 Å². The third kappa shape index (κ3) is 3.31.